The van der Waals surface area contributed by atoms with Crippen LogP contribution in [0.2, 0.25) is 0 Å². The van der Waals surface area contributed by atoms with Gasteiger partial charge in [0.25, 0.3) is 0 Å². The Hall–Kier alpha value is -0.730. The predicted molar refractivity (Wildman–Crippen MR) is 69.6 cm³/mol. The second-order valence-electron chi connectivity index (χ2n) is 4.78. The fourth-order valence-electron chi connectivity index (χ4n) is 1.47. The molecule has 0 bridgehead atoms. The van der Waals surface area contributed by atoms with Crippen LogP contribution in [0.15, 0.2) is 0 Å². The van der Waals surface area contributed by atoms with Crippen molar-refractivity contribution in [3.05, 3.63) is 0 Å². The molecule has 2 N–H and O–H groups in total. The Morgan fingerprint density at radius 2 is 1.62 bits per heavy atom. The van der Waals surface area contributed by atoms with Crippen molar-refractivity contribution in [2.75, 3.05) is 13.1 Å². The van der Waals surface area contributed by atoms with Crippen molar-refractivity contribution >= 4 is 6.03 Å². The highest BCUT2D eigenvalue weighted by molar-refractivity contribution is 5.73. The number of amides is 2. The second kappa shape index (κ2) is 10.8. The molecule has 0 aliphatic carbocycles. The van der Waals surface area contributed by atoms with E-state index in [2.05, 4.69) is 31.4 Å². The zero-order valence-electron chi connectivity index (χ0n) is 11.1. The van der Waals surface area contributed by atoms with Gasteiger partial charge in [-0.3, -0.25) is 0 Å². The summed E-state index contributed by atoms with van der Waals surface area (Å²) in [7, 11) is 0. The largest absolute Gasteiger partial charge is 0.338 e. The minimum atomic E-state index is -0.0175. The van der Waals surface area contributed by atoms with E-state index in [1.54, 1.807) is 0 Å². The average Bonchev–Trinajstić information content (AvgIpc) is 2.22. The van der Waals surface area contributed by atoms with Crippen molar-refractivity contribution in [2.24, 2.45) is 5.92 Å². The molecule has 16 heavy (non-hydrogen) atoms. The molecule has 2 amide bonds. The third-order valence-electron chi connectivity index (χ3n) is 2.57. The molecule has 0 radical (unpaired) electrons. The molecule has 3 heteroatoms. The van der Waals surface area contributed by atoms with Gasteiger partial charge in [-0.25, -0.2) is 4.79 Å². The summed E-state index contributed by atoms with van der Waals surface area (Å²) in [6.45, 7) is 8.11. The van der Waals surface area contributed by atoms with Gasteiger partial charge in [-0.1, -0.05) is 46.5 Å². The van der Waals surface area contributed by atoms with Crippen LogP contribution < -0.4 is 10.6 Å². The van der Waals surface area contributed by atoms with Gasteiger partial charge in [0.15, 0.2) is 0 Å². The Morgan fingerprint density at radius 3 is 2.25 bits per heavy atom. The van der Waals surface area contributed by atoms with Gasteiger partial charge >= 0.3 is 6.03 Å². The molecule has 0 unspecified atom stereocenters. The Morgan fingerprint density at radius 1 is 1.00 bits per heavy atom. The lowest BCUT2D eigenvalue weighted by molar-refractivity contribution is 0.240. The van der Waals surface area contributed by atoms with Crippen LogP contribution in [0.1, 0.15) is 59.3 Å². The standard InChI is InChI=1S/C13H28N2O/c1-4-5-6-7-8-10-14-13(16)15-11-9-12(2)3/h12H,4-11H2,1-3H3,(H2,14,15,16). The summed E-state index contributed by atoms with van der Waals surface area (Å²) in [5.41, 5.74) is 0. The summed E-state index contributed by atoms with van der Waals surface area (Å²) in [6, 6.07) is -0.0175. The van der Waals surface area contributed by atoms with Crippen LogP contribution in [-0.2, 0) is 0 Å². The van der Waals surface area contributed by atoms with Gasteiger partial charge in [-0.2, -0.15) is 0 Å². The SMILES string of the molecule is CCCCCCCNC(=O)NCCC(C)C. The number of rotatable bonds is 9. The number of hydrogen-bond donors (Lipinski definition) is 2. The first kappa shape index (κ1) is 15.3. The fourth-order valence-corrected chi connectivity index (χ4v) is 1.47. The maximum absolute atomic E-state index is 11.3. The summed E-state index contributed by atoms with van der Waals surface area (Å²) in [6.07, 6.45) is 7.22. The van der Waals surface area contributed by atoms with Crippen LogP contribution in [0.5, 0.6) is 0 Å². The van der Waals surface area contributed by atoms with Crippen molar-refractivity contribution in [3.63, 3.8) is 0 Å². The molecule has 0 rings (SSSR count). The molecule has 3 nitrogen and oxygen atoms in total. The molecule has 0 aliphatic heterocycles. The third-order valence-corrected chi connectivity index (χ3v) is 2.57. The summed E-state index contributed by atoms with van der Waals surface area (Å²) in [5.74, 6) is 0.648. The minimum absolute atomic E-state index is 0.0175. The van der Waals surface area contributed by atoms with E-state index in [1.807, 2.05) is 0 Å². The van der Waals surface area contributed by atoms with Crippen molar-refractivity contribution in [1.29, 1.82) is 0 Å². The van der Waals surface area contributed by atoms with E-state index in [0.717, 1.165) is 25.9 Å². The highest BCUT2D eigenvalue weighted by Gasteiger charge is 1.99. The molecule has 0 fully saturated rings. The quantitative estimate of drug-likeness (QED) is 0.584. The van der Waals surface area contributed by atoms with E-state index < -0.39 is 0 Å². The summed E-state index contributed by atoms with van der Waals surface area (Å²) in [5, 5.41) is 5.75. The van der Waals surface area contributed by atoms with Crippen molar-refractivity contribution in [3.8, 4) is 0 Å². The van der Waals surface area contributed by atoms with Gasteiger partial charge in [-0.05, 0) is 18.8 Å². The molecule has 0 aromatic heterocycles. The predicted octanol–water partition coefficient (Wildman–Crippen LogP) is 3.30. The van der Waals surface area contributed by atoms with Gasteiger partial charge in [-0.15, -0.1) is 0 Å². The lowest BCUT2D eigenvalue weighted by Crippen LogP contribution is -2.36. The molecule has 0 saturated carbocycles. The smallest absolute Gasteiger partial charge is 0.314 e. The van der Waals surface area contributed by atoms with E-state index in [9.17, 15) is 4.79 Å². The number of nitrogens with one attached hydrogen (secondary N) is 2. The zero-order chi connectivity index (χ0) is 12.2. The van der Waals surface area contributed by atoms with E-state index in [0.29, 0.717) is 5.92 Å². The van der Waals surface area contributed by atoms with Crippen molar-refractivity contribution in [2.45, 2.75) is 59.3 Å². The highest BCUT2D eigenvalue weighted by atomic mass is 16.2. The molecule has 0 aromatic carbocycles. The molecule has 0 spiro atoms. The number of urea groups is 1. The lowest BCUT2D eigenvalue weighted by atomic mass is 10.1. The highest BCUT2D eigenvalue weighted by Crippen LogP contribution is 2.01. The molecular formula is C13H28N2O. The Kier molecular flexibility index (Phi) is 10.3. The first-order valence-corrected chi connectivity index (χ1v) is 6.68. The van der Waals surface area contributed by atoms with Crippen molar-refractivity contribution in [1.82, 2.24) is 10.6 Å². The molecule has 96 valence electrons. The van der Waals surface area contributed by atoms with Crippen molar-refractivity contribution < 1.29 is 4.79 Å². The number of hydrogen-bond acceptors (Lipinski definition) is 1. The number of unbranched alkanes of at least 4 members (excludes halogenated alkanes) is 4. The van der Waals surface area contributed by atoms with Crippen LogP contribution >= 0.6 is 0 Å². The first-order chi connectivity index (χ1) is 7.66. The van der Waals surface area contributed by atoms with Crippen LogP contribution in [-0.4, -0.2) is 19.1 Å². The number of carbonyl (C=O) groups excluding carboxylic acids is 1. The van der Waals surface area contributed by atoms with Gasteiger partial charge in [0.05, 0.1) is 0 Å². The molecule has 0 aliphatic rings. The lowest BCUT2D eigenvalue weighted by Gasteiger charge is -2.08. The summed E-state index contributed by atoms with van der Waals surface area (Å²) in [4.78, 5) is 11.3. The van der Waals surface area contributed by atoms with Gasteiger partial charge < -0.3 is 10.6 Å². The van der Waals surface area contributed by atoms with E-state index in [1.165, 1.54) is 25.7 Å². The van der Waals surface area contributed by atoms with Crippen LogP contribution in [0, 0.1) is 5.92 Å². The maximum atomic E-state index is 11.3. The summed E-state index contributed by atoms with van der Waals surface area (Å²) < 4.78 is 0. The fraction of sp³-hybridized carbons (Fsp3) is 0.923. The van der Waals surface area contributed by atoms with Gasteiger partial charge in [0.1, 0.15) is 0 Å². The van der Waals surface area contributed by atoms with E-state index >= 15 is 0 Å². The zero-order valence-corrected chi connectivity index (χ0v) is 11.1. The second-order valence-corrected chi connectivity index (χ2v) is 4.78. The van der Waals surface area contributed by atoms with E-state index in [-0.39, 0.29) is 6.03 Å². The third kappa shape index (κ3) is 11.3. The van der Waals surface area contributed by atoms with Gasteiger partial charge in [0.2, 0.25) is 0 Å². The van der Waals surface area contributed by atoms with Gasteiger partial charge in [0, 0.05) is 13.1 Å². The minimum Gasteiger partial charge on any atom is -0.338 e. The molecule has 0 aromatic rings. The Labute approximate surface area is 100 Å². The van der Waals surface area contributed by atoms with E-state index in [4.69, 9.17) is 0 Å². The average molecular weight is 228 g/mol. The van der Waals surface area contributed by atoms with Crippen LogP contribution in [0.25, 0.3) is 0 Å². The summed E-state index contributed by atoms with van der Waals surface area (Å²) >= 11 is 0. The normalized spacial score (nSPS) is 10.5. The molecule has 0 atom stereocenters. The van der Waals surface area contributed by atoms with Crippen LogP contribution in [0.3, 0.4) is 0 Å². The maximum Gasteiger partial charge on any atom is 0.314 e. The topological polar surface area (TPSA) is 41.1 Å². The Balaban J connectivity index is 3.17. The van der Waals surface area contributed by atoms with Crippen LogP contribution in [0.4, 0.5) is 4.79 Å². The first-order valence-electron chi connectivity index (χ1n) is 6.68. The Bertz CT molecular complexity index is 169. The molecular weight excluding hydrogens is 200 g/mol. The monoisotopic (exact) mass is 228 g/mol. The number of carbonyl (C=O) groups is 1. The molecule has 0 heterocycles. The molecule has 0 saturated heterocycles.